The smallest absolute Gasteiger partial charge is 0.242 e. The first kappa shape index (κ1) is 18.8. The third kappa shape index (κ3) is 4.02. The van der Waals surface area contributed by atoms with Crippen molar-refractivity contribution >= 4 is 40.7 Å². The lowest BCUT2D eigenvalue weighted by molar-refractivity contribution is -0.136. The zero-order valence-corrected chi connectivity index (χ0v) is 16.3. The van der Waals surface area contributed by atoms with Crippen molar-refractivity contribution in [2.75, 3.05) is 18.5 Å². The van der Waals surface area contributed by atoms with Crippen molar-refractivity contribution in [3.05, 3.63) is 47.0 Å². The van der Waals surface area contributed by atoms with Crippen LogP contribution in [0, 0.1) is 24.2 Å². The molecule has 1 saturated heterocycles. The number of anilines is 1. The third-order valence-corrected chi connectivity index (χ3v) is 4.75. The van der Waals surface area contributed by atoms with E-state index in [1.165, 1.54) is 6.33 Å². The number of aromatic nitrogens is 4. The van der Waals surface area contributed by atoms with Crippen LogP contribution in [-0.2, 0) is 11.3 Å². The molecule has 0 radical (unpaired) electrons. The van der Waals surface area contributed by atoms with Gasteiger partial charge in [0.05, 0.1) is 24.5 Å². The van der Waals surface area contributed by atoms with Gasteiger partial charge < -0.3 is 9.47 Å². The molecule has 1 N–H and O–H groups in total. The SMILES string of the molecule is Cc1cccc(/C=N/Nc2nc(Cl)nc3c2ncn3CC(=O)N2CC(C#N)C2)c1. The molecule has 3 aromatic rings. The van der Waals surface area contributed by atoms with E-state index in [1.54, 1.807) is 15.7 Å². The van der Waals surface area contributed by atoms with Crippen LogP contribution in [0.25, 0.3) is 11.2 Å². The van der Waals surface area contributed by atoms with E-state index in [4.69, 9.17) is 16.9 Å². The summed E-state index contributed by atoms with van der Waals surface area (Å²) in [6.07, 6.45) is 3.19. The summed E-state index contributed by atoms with van der Waals surface area (Å²) in [5, 5.41) is 13.1. The molecule has 1 fully saturated rings. The Morgan fingerprint density at radius 3 is 3.03 bits per heavy atom. The number of hydrogen-bond acceptors (Lipinski definition) is 7. The zero-order valence-electron chi connectivity index (χ0n) is 15.6. The highest BCUT2D eigenvalue weighted by Crippen LogP contribution is 2.22. The van der Waals surface area contributed by atoms with Crippen LogP contribution in [0.15, 0.2) is 35.7 Å². The number of hydrazone groups is 1. The highest BCUT2D eigenvalue weighted by atomic mass is 35.5. The first-order chi connectivity index (χ1) is 14.0. The predicted molar refractivity (Wildman–Crippen MR) is 108 cm³/mol. The fourth-order valence-corrected chi connectivity index (χ4v) is 3.20. The van der Waals surface area contributed by atoms with Crippen molar-refractivity contribution in [3.8, 4) is 6.07 Å². The van der Waals surface area contributed by atoms with Crippen molar-refractivity contribution in [1.82, 2.24) is 24.4 Å². The lowest BCUT2D eigenvalue weighted by atomic mass is 10.0. The molecule has 0 aliphatic carbocycles. The van der Waals surface area contributed by atoms with E-state index in [0.29, 0.717) is 30.1 Å². The van der Waals surface area contributed by atoms with Gasteiger partial charge in [0.15, 0.2) is 17.0 Å². The highest BCUT2D eigenvalue weighted by Gasteiger charge is 2.30. The Balaban J connectivity index is 1.52. The summed E-state index contributed by atoms with van der Waals surface area (Å²) < 4.78 is 1.61. The Kier molecular flexibility index (Phi) is 5.10. The molecular weight excluding hydrogens is 392 g/mol. The summed E-state index contributed by atoms with van der Waals surface area (Å²) in [7, 11) is 0. The number of nitrogens with one attached hydrogen (secondary N) is 1. The number of halogens is 1. The molecule has 1 aliphatic heterocycles. The van der Waals surface area contributed by atoms with Gasteiger partial charge in [-0.25, -0.2) is 4.98 Å². The van der Waals surface area contributed by atoms with Crippen molar-refractivity contribution in [2.24, 2.45) is 11.0 Å². The van der Waals surface area contributed by atoms with Crippen molar-refractivity contribution in [1.29, 1.82) is 5.26 Å². The number of fused-ring (bicyclic) bond motifs is 1. The van der Waals surface area contributed by atoms with Crippen LogP contribution in [-0.4, -0.2) is 49.6 Å². The Labute approximate surface area is 171 Å². The molecule has 10 heteroatoms. The highest BCUT2D eigenvalue weighted by molar-refractivity contribution is 6.28. The number of benzene rings is 1. The summed E-state index contributed by atoms with van der Waals surface area (Å²) in [5.41, 5.74) is 5.82. The van der Waals surface area contributed by atoms with Gasteiger partial charge in [-0.3, -0.25) is 10.2 Å². The second-order valence-electron chi connectivity index (χ2n) is 6.79. The topological polar surface area (TPSA) is 112 Å². The minimum Gasteiger partial charge on any atom is -0.338 e. The molecule has 4 rings (SSSR count). The average Bonchev–Trinajstić information content (AvgIpc) is 3.03. The van der Waals surface area contributed by atoms with E-state index in [-0.39, 0.29) is 23.7 Å². The van der Waals surface area contributed by atoms with Gasteiger partial charge in [0.1, 0.15) is 6.54 Å². The maximum Gasteiger partial charge on any atom is 0.242 e. The van der Waals surface area contributed by atoms with Gasteiger partial charge in [-0.05, 0) is 24.1 Å². The number of nitrogens with zero attached hydrogens (tertiary/aromatic N) is 7. The zero-order chi connectivity index (χ0) is 20.4. The Morgan fingerprint density at radius 2 is 2.28 bits per heavy atom. The van der Waals surface area contributed by atoms with Crippen LogP contribution in [0.4, 0.5) is 5.82 Å². The second kappa shape index (κ2) is 7.85. The normalized spacial score (nSPS) is 14.2. The van der Waals surface area contributed by atoms with Crippen molar-refractivity contribution < 1.29 is 4.79 Å². The number of carbonyl (C=O) groups is 1. The van der Waals surface area contributed by atoms with E-state index < -0.39 is 0 Å². The Hall–Kier alpha value is -3.51. The molecule has 2 aromatic heterocycles. The fraction of sp³-hybridized carbons (Fsp3) is 0.263. The standard InChI is InChI=1S/C19H17ClN8O/c1-12-3-2-4-13(5-12)7-23-26-17-16-18(25-19(20)24-17)28(11-22-16)10-15(29)27-8-14(6-21)9-27/h2-5,7,11,14H,8-10H2,1H3,(H,24,25,26)/b23-7+. The number of aryl methyl sites for hydroxylation is 1. The first-order valence-corrected chi connectivity index (χ1v) is 9.33. The van der Waals surface area contributed by atoms with Gasteiger partial charge in [-0.1, -0.05) is 29.8 Å². The van der Waals surface area contributed by atoms with E-state index in [9.17, 15) is 4.79 Å². The quantitative estimate of drug-likeness (QED) is 0.393. The summed E-state index contributed by atoms with van der Waals surface area (Å²) in [4.78, 5) is 26.7. The number of rotatable bonds is 5. The summed E-state index contributed by atoms with van der Waals surface area (Å²) in [6.45, 7) is 2.98. The van der Waals surface area contributed by atoms with Crippen LogP contribution >= 0.6 is 11.6 Å². The van der Waals surface area contributed by atoms with E-state index in [2.05, 4.69) is 31.5 Å². The molecule has 9 nitrogen and oxygen atoms in total. The lowest BCUT2D eigenvalue weighted by Crippen LogP contribution is -2.50. The Bertz CT molecular complexity index is 1140. The molecule has 29 heavy (non-hydrogen) atoms. The maximum atomic E-state index is 12.4. The molecule has 0 unspecified atom stereocenters. The van der Waals surface area contributed by atoms with Gasteiger partial charge >= 0.3 is 0 Å². The number of amides is 1. The van der Waals surface area contributed by atoms with Crippen LogP contribution in [0.1, 0.15) is 11.1 Å². The third-order valence-electron chi connectivity index (χ3n) is 4.59. The monoisotopic (exact) mass is 408 g/mol. The molecule has 3 heterocycles. The minimum absolute atomic E-state index is 0.0217. The number of carbonyl (C=O) groups excluding carboxylic acids is 1. The van der Waals surface area contributed by atoms with E-state index in [1.807, 2.05) is 31.2 Å². The largest absolute Gasteiger partial charge is 0.338 e. The molecule has 1 amide bonds. The molecule has 1 aromatic carbocycles. The molecule has 0 bridgehead atoms. The minimum atomic E-state index is -0.0995. The second-order valence-corrected chi connectivity index (χ2v) is 7.13. The van der Waals surface area contributed by atoms with Crippen molar-refractivity contribution in [2.45, 2.75) is 13.5 Å². The van der Waals surface area contributed by atoms with Crippen LogP contribution in [0.3, 0.4) is 0 Å². The Morgan fingerprint density at radius 1 is 1.45 bits per heavy atom. The van der Waals surface area contributed by atoms with Gasteiger partial charge in [0, 0.05) is 13.1 Å². The molecule has 0 saturated carbocycles. The first-order valence-electron chi connectivity index (χ1n) is 8.95. The number of likely N-dealkylation sites (tertiary alicyclic amines) is 1. The summed E-state index contributed by atoms with van der Waals surface area (Å²) >= 11 is 6.06. The van der Waals surface area contributed by atoms with Crippen LogP contribution < -0.4 is 5.43 Å². The van der Waals surface area contributed by atoms with Crippen LogP contribution in [0.5, 0.6) is 0 Å². The molecule has 146 valence electrons. The predicted octanol–water partition coefficient (Wildman–Crippen LogP) is 2.22. The number of nitriles is 1. The fourth-order valence-electron chi connectivity index (χ4n) is 3.04. The van der Waals surface area contributed by atoms with E-state index in [0.717, 1.165) is 11.1 Å². The summed E-state index contributed by atoms with van der Waals surface area (Å²) in [6, 6.07) is 10.0. The molecule has 0 spiro atoms. The van der Waals surface area contributed by atoms with Gasteiger partial charge in [0.25, 0.3) is 0 Å². The lowest BCUT2D eigenvalue weighted by Gasteiger charge is -2.35. The van der Waals surface area contributed by atoms with Crippen LogP contribution in [0.2, 0.25) is 5.28 Å². The molecule has 0 atom stereocenters. The molecule has 1 aliphatic rings. The van der Waals surface area contributed by atoms with E-state index >= 15 is 0 Å². The number of imidazole rings is 1. The maximum absolute atomic E-state index is 12.4. The van der Waals surface area contributed by atoms with Gasteiger partial charge in [-0.2, -0.15) is 20.3 Å². The number of hydrogen-bond donors (Lipinski definition) is 1. The van der Waals surface area contributed by atoms with Gasteiger partial charge in [-0.15, -0.1) is 0 Å². The van der Waals surface area contributed by atoms with Crippen molar-refractivity contribution in [3.63, 3.8) is 0 Å². The molecular formula is C19H17ClN8O. The average molecular weight is 409 g/mol. The van der Waals surface area contributed by atoms with Gasteiger partial charge in [0.2, 0.25) is 11.2 Å². The summed E-state index contributed by atoms with van der Waals surface area (Å²) in [5.74, 6) is 0.165.